The van der Waals surface area contributed by atoms with E-state index in [-0.39, 0.29) is 0 Å². The van der Waals surface area contributed by atoms with E-state index in [0.717, 1.165) is 6.54 Å². The quantitative estimate of drug-likeness (QED) is 0.537. The third-order valence-electron chi connectivity index (χ3n) is 4.55. The molecule has 0 atom stereocenters. The molecule has 0 aromatic rings. The number of likely N-dealkylation sites (N-methyl/N-ethyl adjacent to an activating group) is 1. The molecule has 0 radical (unpaired) electrons. The van der Waals surface area contributed by atoms with Gasteiger partial charge in [-0.25, -0.2) is 0 Å². The molecule has 0 N–H and O–H groups in total. The van der Waals surface area contributed by atoms with E-state index < -0.39 is 0 Å². The molecule has 0 aromatic heterocycles. The minimum atomic E-state index is 0.320. The van der Waals surface area contributed by atoms with Crippen LogP contribution in [0.5, 0.6) is 0 Å². The molecule has 0 spiro atoms. The van der Waals surface area contributed by atoms with Crippen molar-refractivity contribution < 1.29 is 0 Å². The van der Waals surface area contributed by atoms with Gasteiger partial charge in [-0.1, -0.05) is 67.0 Å². The second-order valence-corrected chi connectivity index (χ2v) is 7.74. The van der Waals surface area contributed by atoms with Crippen molar-refractivity contribution >= 4 is 0 Å². The molecule has 0 saturated heterocycles. The third-order valence-corrected chi connectivity index (χ3v) is 4.55. The summed E-state index contributed by atoms with van der Waals surface area (Å²) in [5.41, 5.74) is 6.01. The van der Waals surface area contributed by atoms with Gasteiger partial charge in [-0.05, 0) is 65.1 Å². The van der Waals surface area contributed by atoms with E-state index >= 15 is 0 Å². The predicted octanol–water partition coefficient (Wildman–Crippen LogP) is 6.08. The van der Waals surface area contributed by atoms with Crippen LogP contribution in [0.4, 0.5) is 0 Å². The summed E-state index contributed by atoms with van der Waals surface area (Å²) in [6.45, 7) is 12.3. The molecule has 0 aliphatic heterocycles. The van der Waals surface area contributed by atoms with Crippen molar-refractivity contribution in [1.82, 2.24) is 4.90 Å². The first kappa shape index (κ1) is 19.7. The van der Waals surface area contributed by atoms with E-state index in [9.17, 15) is 0 Å². The monoisotopic (exact) mass is 313 g/mol. The number of hydrogen-bond donors (Lipinski definition) is 0. The van der Waals surface area contributed by atoms with Crippen LogP contribution in [0.3, 0.4) is 0 Å². The van der Waals surface area contributed by atoms with E-state index in [1.54, 1.807) is 5.57 Å². The van der Waals surface area contributed by atoms with Gasteiger partial charge in [0, 0.05) is 6.54 Å². The SMILES string of the molecule is CC1=C(/C=C/C(C)=C/C=C/C(C)=C/CN(C)C)C(C)(C)CCC1. The van der Waals surface area contributed by atoms with Crippen LogP contribution in [0.15, 0.2) is 58.7 Å². The molecule has 1 aliphatic carbocycles. The first-order valence-electron chi connectivity index (χ1n) is 8.77. The summed E-state index contributed by atoms with van der Waals surface area (Å²) in [6, 6.07) is 0. The lowest BCUT2D eigenvalue weighted by atomic mass is 9.72. The Labute approximate surface area is 144 Å². The van der Waals surface area contributed by atoms with Gasteiger partial charge in [0.05, 0.1) is 0 Å². The number of rotatable bonds is 6. The fourth-order valence-corrected chi connectivity index (χ4v) is 3.03. The molecule has 1 rings (SSSR count). The van der Waals surface area contributed by atoms with Crippen molar-refractivity contribution in [3.8, 4) is 0 Å². The molecular formula is C22H35N. The fourth-order valence-electron chi connectivity index (χ4n) is 3.03. The van der Waals surface area contributed by atoms with Gasteiger partial charge in [0.2, 0.25) is 0 Å². The van der Waals surface area contributed by atoms with Crippen LogP contribution < -0.4 is 0 Å². The van der Waals surface area contributed by atoms with Crippen molar-refractivity contribution in [3.63, 3.8) is 0 Å². The Morgan fingerprint density at radius 2 is 1.83 bits per heavy atom. The predicted molar refractivity (Wildman–Crippen MR) is 105 cm³/mol. The molecule has 128 valence electrons. The molecule has 0 bridgehead atoms. The van der Waals surface area contributed by atoms with Gasteiger partial charge >= 0.3 is 0 Å². The minimum Gasteiger partial charge on any atom is -0.306 e. The van der Waals surface area contributed by atoms with E-state index in [0.29, 0.717) is 5.41 Å². The van der Waals surface area contributed by atoms with Gasteiger partial charge in [0.15, 0.2) is 0 Å². The average Bonchev–Trinajstić information content (AvgIpc) is 2.44. The van der Waals surface area contributed by atoms with Crippen molar-refractivity contribution in [2.24, 2.45) is 5.41 Å². The van der Waals surface area contributed by atoms with Crippen LogP contribution in [0.25, 0.3) is 0 Å². The van der Waals surface area contributed by atoms with Gasteiger partial charge in [-0.3, -0.25) is 0 Å². The molecule has 0 unspecified atom stereocenters. The first-order chi connectivity index (χ1) is 10.7. The maximum atomic E-state index is 2.37. The van der Waals surface area contributed by atoms with Crippen LogP contribution in [0.2, 0.25) is 0 Å². The molecule has 1 aliphatic rings. The summed E-state index contributed by atoms with van der Waals surface area (Å²) in [5.74, 6) is 0. The maximum Gasteiger partial charge on any atom is 0.0162 e. The smallest absolute Gasteiger partial charge is 0.0162 e. The largest absolute Gasteiger partial charge is 0.306 e. The Morgan fingerprint density at radius 3 is 2.43 bits per heavy atom. The second kappa shape index (κ2) is 9.08. The van der Waals surface area contributed by atoms with Crippen LogP contribution in [0, 0.1) is 5.41 Å². The molecule has 0 fully saturated rings. The zero-order valence-electron chi connectivity index (χ0n) is 16.2. The summed E-state index contributed by atoms with van der Waals surface area (Å²) in [4.78, 5) is 2.17. The molecule has 0 heterocycles. The summed E-state index contributed by atoms with van der Waals surface area (Å²) < 4.78 is 0. The van der Waals surface area contributed by atoms with E-state index in [4.69, 9.17) is 0 Å². The van der Waals surface area contributed by atoms with Gasteiger partial charge in [-0.15, -0.1) is 0 Å². The molecule has 0 saturated carbocycles. The zero-order valence-corrected chi connectivity index (χ0v) is 16.2. The van der Waals surface area contributed by atoms with Gasteiger partial charge < -0.3 is 4.90 Å². The highest BCUT2D eigenvalue weighted by Gasteiger charge is 2.26. The van der Waals surface area contributed by atoms with E-state index in [1.165, 1.54) is 36.0 Å². The van der Waals surface area contributed by atoms with Crippen LogP contribution in [0.1, 0.15) is 53.9 Å². The molecule has 23 heavy (non-hydrogen) atoms. The highest BCUT2D eigenvalue weighted by molar-refractivity contribution is 5.37. The molecule has 0 amide bonds. The Hall–Kier alpha value is -1.34. The average molecular weight is 314 g/mol. The third kappa shape index (κ3) is 7.18. The second-order valence-electron chi connectivity index (χ2n) is 7.74. The van der Waals surface area contributed by atoms with Gasteiger partial charge in [0.1, 0.15) is 0 Å². The van der Waals surface area contributed by atoms with E-state index in [1.807, 2.05) is 0 Å². The van der Waals surface area contributed by atoms with Crippen molar-refractivity contribution in [3.05, 3.63) is 58.7 Å². The Balaban J connectivity index is 2.71. The van der Waals surface area contributed by atoms with Crippen LogP contribution in [-0.4, -0.2) is 25.5 Å². The normalized spacial score (nSPS) is 20.3. The lowest BCUT2D eigenvalue weighted by Crippen LogP contribution is -2.19. The minimum absolute atomic E-state index is 0.320. The first-order valence-corrected chi connectivity index (χ1v) is 8.77. The maximum absolute atomic E-state index is 2.37. The summed E-state index contributed by atoms with van der Waals surface area (Å²) >= 11 is 0. The van der Waals surface area contributed by atoms with Gasteiger partial charge in [0.25, 0.3) is 0 Å². The van der Waals surface area contributed by atoms with Crippen molar-refractivity contribution in [2.75, 3.05) is 20.6 Å². The van der Waals surface area contributed by atoms with E-state index in [2.05, 4.69) is 90.1 Å². The van der Waals surface area contributed by atoms with Crippen LogP contribution >= 0.6 is 0 Å². The lowest BCUT2D eigenvalue weighted by Gasteiger charge is -2.32. The molecule has 1 nitrogen and oxygen atoms in total. The number of allylic oxidation sites excluding steroid dienone is 9. The summed E-state index contributed by atoms with van der Waals surface area (Å²) in [5, 5.41) is 0. The highest BCUT2D eigenvalue weighted by Crippen LogP contribution is 2.40. The molecule has 0 aromatic carbocycles. The molecule has 1 heteroatoms. The topological polar surface area (TPSA) is 3.24 Å². The zero-order chi connectivity index (χ0) is 17.5. The lowest BCUT2D eigenvalue weighted by molar-refractivity contribution is 0.377. The number of hydrogen-bond acceptors (Lipinski definition) is 1. The number of nitrogens with zero attached hydrogens (tertiary/aromatic N) is 1. The Bertz CT molecular complexity index is 536. The van der Waals surface area contributed by atoms with Gasteiger partial charge in [-0.2, -0.15) is 0 Å². The van der Waals surface area contributed by atoms with Crippen molar-refractivity contribution in [1.29, 1.82) is 0 Å². The fraction of sp³-hybridized carbons (Fsp3) is 0.545. The Kier molecular flexibility index (Phi) is 7.78. The highest BCUT2D eigenvalue weighted by atomic mass is 15.0. The standard InChI is InChI=1S/C22H35N/c1-18(10-8-11-19(2)15-17-23(6)7)13-14-21-20(3)12-9-16-22(21,4)5/h8,10-11,13-15H,9,12,16-17H2,1-7H3/b11-8+,14-13+,18-10+,19-15+. The summed E-state index contributed by atoms with van der Waals surface area (Å²) in [7, 11) is 4.18. The van der Waals surface area contributed by atoms with Crippen LogP contribution in [-0.2, 0) is 0 Å². The summed E-state index contributed by atoms with van der Waals surface area (Å²) in [6.07, 6.45) is 17.2. The van der Waals surface area contributed by atoms with Crippen molar-refractivity contribution in [2.45, 2.75) is 53.9 Å². The molecular weight excluding hydrogens is 278 g/mol. The Morgan fingerprint density at radius 1 is 1.13 bits per heavy atom.